The minimum absolute atomic E-state index is 0.0938. The maximum Gasteiger partial charge on any atom is 0.453 e. The smallest absolute Gasteiger partial charge is 0.324 e. The Bertz CT molecular complexity index is 1510. The molecule has 6 rings (SSSR count). The van der Waals surface area contributed by atoms with Gasteiger partial charge in [0, 0.05) is 23.5 Å². The third-order valence-electron chi connectivity index (χ3n) is 7.73. The van der Waals surface area contributed by atoms with Crippen molar-refractivity contribution in [1.29, 1.82) is 0 Å². The van der Waals surface area contributed by atoms with Crippen LogP contribution in [-0.2, 0) is 19.0 Å². The van der Waals surface area contributed by atoms with Gasteiger partial charge in [-0.15, -0.1) is 5.10 Å². The fourth-order valence-corrected chi connectivity index (χ4v) is 5.68. The topological polar surface area (TPSA) is 75.9 Å². The molecule has 1 fully saturated rings. The molecule has 2 aliphatic rings. The van der Waals surface area contributed by atoms with Crippen molar-refractivity contribution in [1.82, 2.24) is 24.6 Å². The summed E-state index contributed by atoms with van der Waals surface area (Å²) in [5.74, 6) is -1.71. The SMILES string of the molecule is O=C(c1ccccc1)c1cc(-n2nc(C(F)(F)F)nc2Nc2ccc3c(c2)CCC(N2CCCC2)CC3)ccn1. The van der Waals surface area contributed by atoms with Crippen molar-refractivity contribution in [3.8, 4) is 5.69 Å². The number of hydrogen-bond donors (Lipinski definition) is 1. The number of aromatic nitrogens is 4. The van der Waals surface area contributed by atoms with E-state index < -0.39 is 12.0 Å². The number of aryl methyl sites for hydroxylation is 2. The van der Waals surface area contributed by atoms with Crippen LogP contribution >= 0.6 is 0 Å². The third kappa shape index (κ3) is 5.49. The number of nitrogens with zero attached hydrogens (tertiary/aromatic N) is 5. The van der Waals surface area contributed by atoms with Gasteiger partial charge >= 0.3 is 6.18 Å². The minimum atomic E-state index is -4.74. The molecule has 7 nitrogen and oxygen atoms in total. The number of fused-ring (bicyclic) bond motifs is 1. The van der Waals surface area contributed by atoms with Crippen LogP contribution in [0.5, 0.6) is 0 Å². The third-order valence-corrected chi connectivity index (χ3v) is 7.73. The number of alkyl halides is 3. The predicted octanol–water partition coefficient (Wildman–Crippen LogP) is 6.00. The first-order chi connectivity index (χ1) is 19.3. The number of carbonyl (C=O) groups excluding carboxylic acids is 1. The molecule has 4 aromatic rings. The number of carbonyl (C=O) groups is 1. The summed E-state index contributed by atoms with van der Waals surface area (Å²) in [5.41, 5.74) is 3.88. The van der Waals surface area contributed by atoms with Crippen LogP contribution in [0.15, 0.2) is 66.9 Å². The van der Waals surface area contributed by atoms with E-state index in [9.17, 15) is 18.0 Å². The highest BCUT2D eigenvalue weighted by Gasteiger charge is 2.37. The highest BCUT2D eigenvalue weighted by atomic mass is 19.4. The van der Waals surface area contributed by atoms with Gasteiger partial charge in [-0.25, -0.2) is 0 Å². The lowest BCUT2D eigenvalue weighted by atomic mass is 10.0. The molecule has 10 heteroatoms. The van der Waals surface area contributed by atoms with Crippen LogP contribution in [-0.4, -0.2) is 49.6 Å². The van der Waals surface area contributed by atoms with Crippen molar-refractivity contribution in [3.05, 3.63) is 95.1 Å². The predicted molar refractivity (Wildman–Crippen MR) is 145 cm³/mol. The summed E-state index contributed by atoms with van der Waals surface area (Å²) in [6, 6.07) is 18.0. The minimum Gasteiger partial charge on any atom is -0.324 e. The first-order valence-corrected chi connectivity index (χ1v) is 13.6. The summed E-state index contributed by atoms with van der Waals surface area (Å²) < 4.78 is 42.1. The Kier molecular flexibility index (Phi) is 7.10. The van der Waals surface area contributed by atoms with Gasteiger partial charge in [0.15, 0.2) is 0 Å². The van der Waals surface area contributed by atoms with Crippen LogP contribution in [0.4, 0.5) is 24.8 Å². The van der Waals surface area contributed by atoms with Crippen LogP contribution in [0.25, 0.3) is 5.69 Å². The number of halogens is 3. The Morgan fingerprint density at radius 1 is 0.925 bits per heavy atom. The van der Waals surface area contributed by atoms with E-state index in [-0.39, 0.29) is 23.1 Å². The van der Waals surface area contributed by atoms with Gasteiger partial charge in [0.2, 0.25) is 11.7 Å². The van der Waals surface area contributed by atoms with Crippen molar-refractivity contribution in [2.75, 3.05) is 18.4 Å². The molecule has 0 spiro atoms. The Labute approximate surface area is 230 Å². The fraction of sp³-hybridized carbons (Fsp3) is 0.333. The summed E-state index contributed by atoms with van der Waals surface area (Å²) in [5, 5.41) is 6.81. The molecule has 1 atom stereocenters. The molecule has 1 unspecified atom stereocenters. The van der Waals surface area contributed by atoms with Crippen molar-refractivity contribution in [2.45, 2.75) is 50.7 Å². The van der Waals surface area contributed by atoms with Gasteiger partial charge in [-0.1, -0.05) is 36.4 Å². The van der Waals surface area contributed by atoms with E-state index in [1.807, 2.05) is 12.1 Å². The van der Waals surface area contributed by atoms with E-state index in [1.54, 1.807) is 30.3 Å². The first-order valence-electron chi connectivity index (χ1n) is 13.6. The van der Waals surface area contributed by atoms with E-state index in [1.165, 1.54) is 55.4 Å². The Hall–Kier alpha value is -4.05. The lowest BCUT2D eigenvalue weighted by molar-refractivity contribution is -0.144. The van der Waals surface area contributed by atoms with Gasteiger partial charge in [-0.2, -0.15) is 22.8 Å². The van der Waals surface area contributed by atoms with Crippen molar-refractivity contribution < 1.29 is 18.0 Å². The van der Waals surface area contributed by atoms with Gasteiger partial charge in [-0.3, -0.25) is 9.78 Å². The monoisotopic (exact) mass is 546 g/mol. The second-order valence-electron chi connectivity index (χ2n) is 10.3. The van der Waals surface area contributed by atoms with E-state index in [4.69, 9.17) is 0 Å². The van der Waals surface area contributed by atoms with Gasteiger partial charge in [0.05, 0.1) is 5.69 Å². The van der Waals surface area contributed by atoms with Crippen LogP contribution in [0.1, 0.15) is 58.7 Å². The van der Waals surface area contributed by atoms with Gasteiger partial charge in [0.1, 0.15) is 5.69 Å². The van der Waals surface area contributed by atoms with E-state index in [2.05, 4.69) is 31.3 Å². The standard InChI is InChI=1S/C30H29F3N6O/c31-30(32,33)28-36-29(39(37-28)25-14-15-34-26(19-25)27(40)21-6-2-1-3-7-21)35-23-11-8-20-9-12-24(13-10-22(20)18-23)38-16-4-5-17-38/h1-3,6-8,11,14-15,18-19,24H,4-5,9-10,12-13,16-17H2,(H,35,36,37). The molecular formula is C30H29F3N6O. The molecule has 1 saturated heterocycles. The quantitative estimate of drug-likeness (QED) is 0.236. The number of hydrogen-bond acceptors (Lipinski definition) is 6. The maximum absolute atomic E-state index is 13.7. The molecule has 0 amide bonds. The zero-order valence-electron chi connectivity index (χ0n) is 21.9. The number of benzene rings is 2. The zero-order chi connectivity index (χ0) is 27.7. The highest BCUT2D eigenvalue weighted by Crippen LogP contribution is 2.32. The fourth-order valence-electron chi connectivity index (χ4n) is 5.68. The maximum atomic E-state index is 13.7. The van der Waals surface area contributed by atoms with Crippen molar-refractivity contribution >= 4 is 17.4 Å². The van der Waals surface area contributed by atoms with E-state index in [0.717, 1.165) is 30.4 Å². The van der Waals surface area contributed by atoms with Crippen molar-refractivity contribution in [2.24, 2.45) is 0 Å². The van der Waals surface area contributed by atoms with Gasteiger partial charge in [0.25, 0.3) is 5.82 Å². The number of anilines is 2. The number of pyridine rings is 1. The lowest BCUT2D eigenvalue weighted by Gasteiger charge is -2.25. The average molecular weight is 547 g/mol. The van der Waals surface area contributed by atoms with Crippen LogP contribution in [0.2, 0.25) is 0 Å². The van der Waals surface area contributed by atoms with Crippen molar-refractivity contribution in [3.63, 3.8) is 0 Å². The molecular weight excluding hydrogens is 517 g/mol. The molecule has 2 aromatic carbocycles. The number of rotatable bonds is 6. The zero-order valence-corrected chi connectivity index (χ0v) is 21.9. The Balaban J connectivity index is 1.29. The van der Waals surface area contributed by atoms with Crippen LogP contribution < -0.4 is 5.32 Å². The molecule has 2 aromatic heterocycles. The molecule has 1 aliphatic carbocycles. The summed E-state index contributed by atoms with van der Waals surface area (Å²) >= 11 is 0. The lowest BCUT2D eigenvalue weighted by Crippen LogP contribution is -2.32. The highest BCUT2D eigenvalue weighted by molar-refractivity contribution is 6.07. The molecule has 0 bridgehead atoms. The summed E-state index contributed by atoms with van der Waals surface area (Å²) in [6.45, 7) is 2.33. The molecule has 3 heterocycles. The largest absolute Gasteiger partial charge is 0.453 e. The molecule has 40 heavy (non-hydrogen) atoms. The Morgan fingerprint density at radius 3 is 2.42 bits per heavy atom. The molecule has 0 radical (unpaired) electrons. The molecule has 206 valence electrons. The van der Waals surface area contributed by atoms with Gasteiger partial charge < -0.3 is 10.2 Å². The second kappa shape index (κ2) is 10.8. The molecule has 1 aliphatic heterocycles. The summed E-state index contributed by atoms with van der Waals surface area (Å²) in [7, 11) is 0. The number of likely N-dealkylation sites (tertiary alicyclic amines) is 1. The van der Waals surface area contributed by atoms with Crippen LogP contribution in [0.3, 0.4) is 0 Å². The van der Waals surface area contributed by atoms with E-state index in [0.29, 0.717) is 17.3 Å². The van der Waals surface area contributed by atoms with E-state index >= 15 is 0 Å². The average Bonchev–Trinajstić information content (AvgIpc) is 3.60. The van der Waals surface area contributed by atoms with Gasteiger partial charge in [-0.05, 0) is 87.0 Å². The van der Waals surface area contributed by atoms with Crippen LogP contribution in [0, 0.1) is 0 Å². The molecule has 1 N–H and O–H groups in total. The first kappa shape index (κ1) is 26.2. The second-order valence-corrected chi connectivity index (χ2v) is 10.3. The normalized spacial score (nSPS) is 17.8. The summed E-state index contributed by atoms with van der Waals surface area (Å²) in [6.07, 6.45) is 3.26. The summed E-state index contributed by atoms with van der Waals surface area (Å²) in [4.78, 5) is 23.5. The number of nitrogens with one attached hydrogen (secondary N) is 1. The molecule has 0 saturated carbocycles. The Morgan fingerprint density at radius 2 is 1.68 bits per heavy atom. The number of ketones is 1.